The maximum atomic E-state index is 4.61. The highest BCUT2D eigenvalue weighted by atomic mass is 15.3. The van der Waals surface area contributed by atoms with E-state index in [1.807, 2.05) is 11.7 Å². The summed E-state index contributed by atoms with van der Waals surface area (Å²) in [4.78, 5) is 0. The minimum atomic E-state index is 0.103. The predicted octanol–water partition coefficient (Wildman–Crippen LogP) is 3.49. The summed E-state index contributed by atoms with van der Waals surface area (Å²) in [5.41, 5.74) is 2.94. The zero-order valence-electron chi connectivity index (χ0n) is 14.0. The Balaban J connectivity index is 2.69. The molecule has 1 N–H and O–H groups in total. The first-order valence-electron chi connectivity index (χ1n) is 7.28. The molecule has 0 aliphatic carbocycles. The maximum absolute atomic E-state index is 4.61. The molecule has 0 aliphatic rings. The Kier molecular flexibility index (Phi) is 4.83. The molecule has 1 aromatic heterocycles. The number of nitrogens with one attached hydrogen (secondary N) is 1. The Morgan fingerprint density at radius 3 is 2.26 bits per heavy atom. The van der Waals surface area contributed by atoms with Gasteiger partial charge in [0.05, 0.1) is 5.69 Å². The highest BCUT2D eigenvalue weighted by Crippen LogP contribution is 2.26. The van der Waals surface area contributed by atoms with E-state index in [0.717, 1.165) is 13.1 Å². The van der Waals surface area contributed by atoms with Gasteiger partial charge >= 0.3 is 0 Å². The summed E-state index contributed by atoms with van der Waals surface area (Å²) in [5.74, 6) is 0.677. The van der Waals surface area contributed by atoms with Crippen molar-refractivity contribution in [3.8, 4) is 0 Å². The van der Waals surface area contributed by atoms with Gasteiger partial charge < -0.3 is 5.32 Å². The molecule has 19 heavy (non-hydrogen) atoms. The fourth-order valence-corrected chi connectivity index (χ4v) is 2.02. The second-order valence-electron chi connectivity index (χ2n) is 7.67. The van der Waals surface area contributed by atoms with Crippen LogP contribution in [0.3, 0.4) is 0 Å². The molecule has 0 fully saturated rings. The lowest BCUT2D eigenvalue weighted by molar-refractivity contribution is 0.237. The third-order valence-electron chi connectivity index (χ3n) is 4.07. The summed E-state index contributed by atoms with van der Waals surface area (Å²) in [5, 5.41) is 8.20. The van der Waals surface area contributed by atoms with Gasteiger partial charge in [0.15, 0.2) is 0 Å². The molecule has 1 aromatic rings. The van der Waals surface area contributed by atoms with Crippen molar-refractivity contribution in [1.82, 2.24) is 15.1 Å². The van der Waals surface area contributed by atoms with Crippen molar-refractivity contribution < 1.29 is 0 Å². The van der Waals surface area contributed by atoms with E-state index in [9.17, 15) is 0 Å². The Labute approximate surface area is 118 Å². The van der Waals surface area contributed by atoms with Crippen LogP contribution in [-0.2, 0) is 19.0 Å². The highest BCUT2D eigenvalue weighted by molar-refractivity contribution is 5.23. The Morgan fingerprint density at radius 2 is 1.79 bits per heavy atom. The van der Waals surface area contributed by atoms with Gasteiger partial charge in [-0.25, -0.2) is 0 Å². The molecule has 0 aliphatic heterocycles. The van der Waals surface area contributed by atoms with Crippen LogP contribution in [0.2, 0.25) is 0 Å². The van der Waals surface area contributed by atoms with Crippen molar-refractivity contribution in [2.24, 2.45) is 18.4 Å². The lowest BCUT2D eigenvalue weighted by Gasteiger charge is -2.29. The number of hydrogen-bond acceptors (Lipinski definition) is 2. The molecule has 0 spiro atoms. The first-order chi connectivity index (χ1) is 8.54. The van der Waals surface area contributed by atoms with Crippen molar-refractivity contribution >= 4 is 0 Å². The molecule has 0 aromatic carbocycles. The van der Waals surface area contributed by atoms with Crippen molar-refractivity contribution in [2.75, 3.05) is 6.54 Å². The third kappa shape index (κ3) is 4.34. The summed E-state index contributed by atoms with van der Waals surface area (Å²) in [6.07, 6.45) is 2.13. The molecule has 3 heteroatoms. The second kappa shape index (κ2) is 5.66. The van der Waals surface area contributed by atoms with Crippen LogP contribution in [0.15, 0.2) is 6.20 Å². The fraction of sp³-hybridized carbons (Fsp3) is 0.812. The SMILES string of the molecule is CC(C)C(C)(C)CNCc1cn(C)nc1C(C)(C)C. The standard InChI is InChI=1S/C16H31N3/c1-12(2)16(6,7)11-17-9-13-10-19(8)18-14(13)15(3,4)5/h10,12,17H,9,11H2,1-8H3. The van der Waals surface area contributed by atoms with Gasteiger partial charge in [0, 0.05) is 37.3 Å². The number of rotatable bonds is 5. The van der Waals surface area contributed by atoms with E-state index in [2.05, 4.69) is 65.1 Å². The van der Waals surface area contributed by atoms with Crippen molar-refractivity contribution in [2.45, 2.75) is 60.4 Å². The minimum Gasteiger partial charge on any atom is -0.312 e. The second-order valence-corrected chi connectivity index (χ2v) is 7.67. The van der Waals surface area contributed by atoms with E-state index in [4.69, 9.17) is 0 Å². The molecule has 0 unspecified atom stereocenters. The van der Waals surface area contributed by atoms with Crippen LogP contribution in [0.4, 0.5) is 0 Å². The summed E-state index contributed by atoms with van der Waals surface area (Å²) in [7, 11) is 2.00. The van der Waals surface area contributed by atoms with Gasteiger partial charge in [0.1, 0.15) is 0 Å². The molecule has 0 saturated carbocycles. The predicted molar refractivity (Wildman–Crippen MR) is 82.2 cm³/mol. The van der Waals surface area contributed by atoms with E-state index in [1.165, 1.54) is 11.3 Å². The van der Waals surface area contributed by atoms with Crippen LogP contribution in [-0.4, -0.2) is 16.3 Å². The average molecular weight is 265 g/mol. The number of aromatic nitrogens is 2. The van der Waals surface area contributed by atoms with E-state index in [0.29, 0.717) is 11.3 Å². The van der Waals surface area contributed by atoms with Gasteiger partial charge in [-0.3, -0.25) is 4.68 Å². The van der Waals surface area contributed by atoms with E-state index < -0.39 is 0 Å². The largest absolute Gasteiger partial charge is 0.312 e. The van der Waals surface area contributed by atoms with Crippen LogP contribution in [0.5, 0.6) is 0 Å². The van der Waals surface area contributed by atoms with Crippen LogP contribution in [0.1, 0.15) is 59.7 Å². The Bertz CT molecular complexity index is 408. The average Bonchev–Trinajstić information content (AvgIpc) is 2.58. The molecule has 0 atom stereocenters. The summed E-state index contributed by atoms with van der Waals surface area (Å²) < 4.78 is 1.92. The van der Waals surface area contributed by atoms with Crippen molar-refractivity contribution in [3.63, 3.8) is 0 Å². The zero-order chi connectivity index (χ0) is 14.8. The van der Waals surface area contributed by atoms with Crippen LogP contribution in [0, 0.1) is 11.3 Å². The van der Waals surface area contributed by atoms with Crippen LogP contribution >= 0.6 is 0 Å². The smallest absolute Gasteiger partial charge is 0.0722 e. The van der Waals surface area contributed by atoms with Crippen LogP contribution in [0.25, 0.3) is 0 Å². The van der Waals surface area contributed by atoms with E-state index >= 15 is 0 Å². The van der Waals surface area contributed by atoms with Gasteiger partial charge in [0.25, 0.3) is 0 Å². The number of aryl methyl sites for hydroxylation is 1. The monoisotopic (exact) mass is 265 g/mol. The molecular formula is C16H31N3. The van der Waals surface area contributed by atoms with Crippen molar-refractivity contribution in [3.05, 3.63) is 17.5 Å². The quantitative estimate of drug-likeness (QED) is 0.883. The maximum Gasteiger partial charge on any atom is 0.0722 e. The van der Waals surface area contributed by atoms with E-state index in [1.54, 1.807) is 0 Å². The van der Waals surface area contributed by atoms with Crippen molar-refractivity contribution in [1.29, 1.82) is 0 Å². The highest BCUT2D eigenvalue weighted by Gasteiger charge is 2.24. The third-order valence-corrected chi connectivity index (χ3v) is 4.07. The normalized spacial score (nSPS) is 13.3. The number of hydrogen-bond donors (Lipinski definition) is 1. The molecule has 3 nitrogen and oxygen atoms in total. The summed E-state index contributed by atoms with van der Waals surface area (Å²) in [6.45, 7) is 17.8. The van der Waals surface area contributed by atoms with E-state index in [-0.39, 0.29) is 5.41 Å². The number of nitrogens with zero attached hydrogens (tertiary/aromatic N) is 2. The van der Waals surface area contributed by atoms with Gasteiger partial charge in [-0.1, -0.05) is 48.5 Å². The van der Waals surface area contributed by atoms with Gasteiger partial charge in [-0.15, -0.1) is 0 Å². The molecule has 1 heterocycles. The molecule has 0 bridgehead atoms. The molecule has 1 rings (SSSR count). The molecule has 0 saturated heterocycles. The molecule has 0 amide bonds. The lowest BCUT2D eigenvalue weighted by Crippen LogP contribution is -2.33. The first-order valence-corrected chi connectivity index (χ1v) is 7.28. The molecule has 0 radical (unpaired) electrons. The summed E-state index contributed by atoms with van der Waals surface area (Å²) >= 11 is 0. The van der Waals surface area contributed by atoms with Gasteiger partial charge in [-0.2, -0.15) is 5.10 Å². The van der Waals surface area contributed by atoms with Crippen LogP contribution < -0.4 is 5.32 Å². The van der Waals surface area contributed by atoms with Gasteiger partial charge in [0.2, 0.25) is 0 Å². The topological polar surface area (TPSA) is 29.9 Å². The lowest BCUT2D eigenvalue weighted by atomic mass is 9.81. The van der Waals surface area contributed by atoms with Gasteiger partial charge in [-0.05, 0) is 11.3 Å². The molecular weight excluding hydrogens is 234 g/mol. The zero-order valence-corrected chi connectivity index (χ0v) is 14.0. The first kappa shape index (κ1) is 16.2. The molecule has 110 valence electrons. The Morgan fingerprint density at radius 1 is 1.21 bits per heavy atom. The fourth-order valence-electron chi connectivity index (χ4n) is 2.02. The minimum absolute atomic E-state index is 0.103. The Hall–Kier alpha value is -0.830. The summed E-state index contributed by atoms with van der Waals surface area (Å²) in [6, 6.07) is 0.